The van der Waals surface area contributed by atoms with Crippen molar-refractivity contribution in [2.75, 3.05) is 19.8 Å². The Morgan fingerprint density at radius 1 is 1.44 bits per heavy atom. The molecule has 2 saturated heterocycles. The number of hydrogen-bond acceptors (Lipinski definition) is 6. The van der Waals surface area contributed by atoms with Gasteiger partial charge in [-0.1, -0.05) is 0 Å². The van der Waals surface area contributed by atoms with Crippen LogP contribution in [0.4, 0.5) is 0 Å². The molecule has 1 aromatic rings. The molecule has 0 radical (unpaired) electrons. The minimum absolute atomic E-state index is 0.0240. The monoisotopic (exact) mass is 378 g/mol. The summed E-state index contributed by atoms with van der Waals surface area (Å²) >= 11 is 0. The summed E-state index contributed by atoms with van der Waals surface area (Å²) in [6, 6.07) is -2.50. The number of morpholine rings is 1. The number of primary amides is 1. The van der Waals surface area contributed by atoms with Crippen molar-refractivity contribution >= 4 is 23.6 Å². The van der Waals surface area contributed by atoms with Gasteiger partial charge in [-0.3, -0.25) is 19.2 Å². The lowest BCUT2D eigenvalue weighted by atomic mass is 10.1. The SMILES string of the molecule is NC(=O)C1CCCN1C(=O)C(Cc1cnc[nH]1)NC(=O)C1COCC(=O)N1. The highest BCUT2D eigenvalue weighted by atomic mass is 16.5. The van der Waals surface area contributed by atoms with Gasteiger partial charge in [0, 0.05) is 24.9 Å². The van der Waals surface area contributed by atoms with E-state index < -0.39 is 41.8 Å². The molecule has 27 heavy (non-hydrogen) atoms. The summed E-state index contributed by atoms with van der Waals surface area (Å²) in [6.45, 7) is 0.315. The zero-order chi connectivity index (χ0) is 19.4. The predicted octanol–water partition coefficient (Wildman–Crippen LogP) is -2.57. The fourth-order valence-corrected chi connectivity index (χ4v) is 3.30. The molecule has 11 nitrogen and oxygen atoms in total. The van der Waals surface area contributed by atoms with Gasteiger partial charge in [-0.2, -0.15) is 0 Å². The van der Waals surface area contributed by atoms with Crippen LogP contribution in [0.3, 0.4) is 0 Å². The second-order valence-electron chi connectivity index (χ2n) is 6.57. The van der Waals surface area contributed by atoms with E-state index in [0.717, 1.165) is 0 Å². The molecular formula is C16H22N6O5. The van der Waals surface area contributed by atoms with Gasteiger partial charge >= 0.3 is 0 Å². The normalized spacial score (nSPS) is 23.6. The van der Waals surface area contributed by atoms with Crippen LogP contribution < -0.4 is 16.4 Å². The van der Waals surface area contributed by atoms with Crippen LogP contribution in [-0.2, 0) is 30.3 Å². The standard InChI is InChI=1S/C16H22N6O5/c17-14(24)12-2-1-3-22(12)16(26)10(4-9-5-18-8-19-9)21-15(25)11-6-27-7-13(23)20-11/h5,8,10-12H,1-4,6-7H2,(H2,17,24)(H,18,19)(H,20,23)(H,21,25). The number of amides is 4. The Balaban J connectivity index is 1.74. The number of carbonyl (C=O) groups is 4. The van der Waals surface area contributed by atoms with Crippen molar-refractivity contribution in [1.29, 1.82) is 0 Å². The number of nitrogens with zero attached hydrogens (tertiary/aromatic N) is 2. The number of aromatic nitrogens is 2. The highest BCUT2D eigenvalue weighted by Crippen LogP contribution is 2.19. The topological polar surface area (TPSA) is 160 Å². The lowest BCUT2D eigenvalue weighted by Crippen LogP contribution is -2.59. The van der Waals surface area contributed by atoms with Gasteiger partial charge in [0.05, 0.1) is 12.9 Å². The molecule has 0 aliphatic carbocycles. The van der Waals surface area contributed by atoms with Crippen molar-refractivity contribution in [2.45, 2.75) is 37.4 Å². The Hall–Kier alpha value is -2.95. The third-order valence-electron chi connectivity index (χ3n) is 4.63. The first-order valence-electron chi connectivity index (χ1n) is 8.70. The van der Waals surface area contributed by atoms with Crippen LogP contribution >= 0.6 is 0 Å². The lowest BCUT2D eigenvalue weighted by molar-refractivity contribution is -0.143. The van der Waals surface area contributed by atoms with E-state index in [1.54, 1.807) is 6.20 Å². The Labute approximate surface area is 155 Å². The number of rotatable bonds is 6. The summed E-state index contributed by atoms with van der Waals surface area (Å²) in [7, 11) is 0. The van der Waals surface area contributed by atoms with Gasteiger partial charge in [-0.25, -0.2) is 4.98 Å². The molecule has 0 saturated carbocycles. The highest BCUT2D eigenvalue weighted by Gasteiger charge is 2.38. The van der Waals surface area contributed by atoms with E-state index in [0.29, 0.717) is 25.1 Å². The van der Waals surface area contributed by atoms with E-state index in [-0.39, 0.29) is 19.6 Å². The number of nitrogens with one attached hydrogen (secondary N) is 3. The minimum atomic E-state index is -0.934. The molecule has 3 unspecified atom stereocenters. The number of likely N-dealkylation sites (tertiary alicyclic amines) is 1. The summed E-state index contributed by atoms with van der Waals surface area (Å²) in [5.74, 6) is -1.90. The van der Waals surface area contributed by atoms with Crippen LogP contribution in [0.5, 0.6) is 0 Å². The van der Waals surface area contributed by atoms with Crippen LogP contribution in [0.1, 0.15) is 18.5 Å². The fraction of sp³-hybridized carbons (Fsp3) is 0.562. The lowest BCUT2D eigenvalue weighted by Gasteiger charge is -2.29. The number of aromatic amines is 1. The van der Waals surface area contributed by atoms with Gasteiger partial charge in [0.2, 0.25) is 23.6 Å². The molecule has 0 spiro atoms. The summed E-state index contributed by atoms with van der Waals surface area (Å²) in [4.78, 5) is 56.8. The Kier molecular flexibility index (Phi) is 5.69. The van der Waals surface area contributed by atoms with Gasteiger partial charge < -0.3 is 31.0 Å². The second kappa shape index (κ2) is 8.16. The van der Waals surface area contributed by atoms with Crippen LogP contribution in [0, 0.1) is 0 Å². The average Bonchev–Trinajstić information content (AvgIpc) is 3.32. The van der Waals surface area contributed by atoms with Crippen molar-refractivity contribution in [3.63, 3.8) is 0 Å². The van der Waals surface area contributed by atoms with Crippen molar-refractivity contribution in [3.8, 4) is 0 Å². The predicted molar refractivity (Wildman–Crippen MR) is 90.9 cm³/mol. The summed E-state index contributed by atoms with van der Waals surface area (Å²) in [5.41, 5.74) is 6.04. The fourth-order valence-electron chi connectivity index (χ4n) is 3.30. The van der Waals surface area contributed by atoms with Gasteiger partial charge in [0.15, 0.2) is 0 Å². The first-order chi connectivity index (χ1) is 13.0. The van der Waals surface area contributed by atoms with Crippen LogP contribution in [0.15, 0.2) is 12.5 Å². The Morgan fingerprint density at radius 3 is 2.93 bits per heavy atom. The maximum atomic E-state index is 13.0. The molecule has 2 fully saturated rings. The van der Waals surface area contributed by atoms with Gasteiger partial charge in [-0.15, -0.1) is 0 Å². The first-order valence-corrected chi connectivity index (χ1v) is 8.70. The molecule has 0 aromatic carbocycles. The molecule has 3 rings (SSSR count). The zero-order valence-corrected chi connectivity index (χ0v) is 14.6. The van der Waals surface area contributed by atoms with E-state index >= 15 is 0 Å². The summed E-state index contributed by atoms with van der Waals surface area (Å²) < 4.78 is 5.07. The molecule has 4 amide bonds. The number of nitrogens with two attached hydrogens (primary N) is 1. The number of ether oxygens (including phenoxy) is 1. The molecule has 5 N–H and O–H groups in total. The zero-order valence-electron chi connectivity index (χ0n) is 14.6. The molecule has 146 valence electrons. The van der Waals surface area contributed by atoms with Gasteiger partial charge in [-0.05, 0) is 12.8 Å². The number of H-pyrrole nitrogens is 1. The molecular weight excluding hydrogens is 356 g/mol. The van der Waals surface area contributed by atoms with Crippen LogP contribution in [0.2, 0.25) is 0 Å². The molecule has 3 atom stereocenters. The van der Waals surface area contributed by atoms with Gasteiger partial charge in [0.1, 0.15) is 24.7 Å². The van der Waals surface area contributed by atoms with Gasteiger partial charge in [0.25, 0.3) is 0 Å². The number of carbonyl (C=O) groups excluding carboxylic acids is 4. The first kappa shape index (κ1) is 18.8. The molecule has 11 heteroatoms. The maximum Gasteiger partial charge on any atom is 0.246 e. The Bertz CT molecular complexity index is 721. The van der Waals surface area contributed by atoms with Crippen molar-refractivity contribution in [3.05, 3.63) is 18.2 Å². The number of imidazole rings is 1. The largest absolute Gasteiger partial charge is 0.369 e. The van der Waals surface area contributed by atoms with E-state index in [1.807, 2.05) is 0 Å². The molecule has 2 aliphatic heterocycles. The van der Waals surface area contributed by atoms with E-state index in [2.05, 4.69) is 20.6 Å². The highest BCUT2D eigenvalue weighted by molar-refractivity contribution is 5.94. The molecule has 0 bridgehead atoms. The van der Waals surface area contributed by atoms with Crippen LogP contribution in [0.25, 0.3) is 0 Å². The van der Waals surface area contributed by atoms with Crippen LogP contribution in [-0.4, -0.2) is 76.4 Å². The smallest absolute Gasteiger partial charge is 0.246 e. The number of hydrogen-bond donors (Lipinski definition) is 4. The van der Waals surface area contributed by atoms with E-state index in [4.69, 9.17) is 10.5 Å². The minimum Gasteiger partial charge on any atom is -0.369 e. The van der Waals surface area contributed by atoms with E-state index in [9.17, 15) is 19.2 Å². The second-order valence-corrected chi connectivity index (χ2v) is 6.57. The summed E-state index contributed by atoms with van der Waals surface area (Å²) in [6.07, 6.45) is 4.34. The molecule has 3 heterocycles. The maximum absolute atomic E-state index is 13.0. The molecule has 1 aromatic heterocycles. The quantitative estimate of drug-likeness (QED) is 0.426. The average molecular weight is 378 g/mol. The third kappa shape index (κ3) is 4.42. The van der Waals surface area contributed by atoms with Crippen molar-refractivity contribution in [2.24, 2.45) is 5.73 Å². The van der Waals surface area contributed by atoms with Crippen molar-refractivity contribution in [1.82, 2.24) is 25.5 Å². The third-order valence-corrected chi connectivity index (χ3v) is 4.63. The van der Waals surface area contributed by atoms with E-state index in [1.165, 1.54) is 11.2 Å². The Morgan fingerprint density at radius 2 is 2.26 bits per heavy atom. The van der Waals surface area contributed by atoms with Crippen molar-refractivity contribution < 1.29 is 23.9 Å². The molecule has 2 aliphatic rings. The summed E-state index contributed by atoms with van der Waals surface area (Å²) in [5, 5.41) is 5.18.